The van der Waals surface area contributed by atoms with E-state index >= 15 is 0 Å². The molecule has 0 aliphatic rings. The Morgan fingerprint density at radius 2 is 0.550 bits per heavy atom. The minimum absolute atomic E-state index is 0.103. The third kappa shape index (κ3) is 24.5. The van der Waals surface area contributed by atoms with Crippen LogP contribution >= 0.6 is 0 Å². The quantitative estimate of drug-likeness (QED) is 0.0484. The molecule has 15 aromatic rings. The molecule has 0 N–H and O–H groups in total. The molecule has 0 saturated heterocycles. The van der Waals surface area contributed by atoms with Crippen LogP contribution in [-0.2, 0) is 19.3 Å². The molecule has 0 radical (unpaired) electrons. The molecule has 6 heteroatoms. The summed E-state index contributed by atoms with van der Waals surface area (Å²) in [7, 11) is 0. The second kappa shape index (κ2) is 41.8. The van der Waals surface area contributed by atoms with Crippen LogP contribution in [0.3, 0.4) is 0 Å². The van der Waals surface area contributed by atoms with Crippen LogP contribution < -0.4 is 18.9 Å². The molecule has 0 amide bonds. The molecule has 0 bridgehead atoms. The van der Waals surface area contributed by atoms with Crippen LogP contribution in [0.1, 0.15) is 143 Å². The molecule has 0 atom stereocenters. The molecular formula is C114H114O6. The van der Waals surface area contributed by atoms with Gasteiger partial charge >= 0.3 is 11.9 Å². The minimum Gasteiger partial charge on any atom is -0.458 e. The van der Waals surface area contributed by atoms with E-state index in [1.54, 1.807) is 36.4 Å². The van der Waals surface area contributed by atoms with E-state index in [1.807, 2.05) is 107 Å². The van der Waals surface area contributed by atoms with Gasteiger partial charge in [0.1, 0.15) is 23.0 Å². The lowest BCUT2D eigenvalue weighted by Gasteiger charge is -2.15. The Kier molecular flexibility index (Phi) is 30.5. The summed E-state index contributed by atoms with van der Waals surface area (Å²) in [5.74, 6) is 1.80. The van der Waals surface area contributed by atoms with Crippen molar-refractivity contribution in [2.75, 3.05) is 6.79 Å². The first-order valence-electron chi connectivity index (χ1n) is 41.5. The van der Waals surface area contributed by atoms with Gasteiger partial charge in [0.25, 0.3) is 0 Å². The number of esters is 2. The Labute approximate surface area is 714 Å². The van der Waals surface area contributed by atoms with E-state index in [1.165, 1.54) is 145 Å². The summed E-state index contributed by atoms with van der Waals surface area (Å²) in [6.07, 6.45) is 3.24. The van der Waals surface area contributed by atoms with Crippen molar-refractivity contribution in [3.05, 3.63) is 449 Å². The maximum absolute atomic E-state index is 12.4. The summed E-state index contributed by atoms with van der Waals surface area (Å²) in [5.41, 5.74) is 42.0. The van der Waals surface area contributed by atoms with E-state index in [9.17, 15) is 9.59 Å². The van der Waals surface area contributed by atoms with Crippen molar-refractivity contribution in [3.8, 4) is 78.6 Å². The number of hydrogen-bond acceptors (Lipinski definition) is 6. The van der Waals surface area contributed by atoms with E-state index in [0.29, 0.717) is 28.4 Å². The predicted octanol–water partition coefficient (Wildman–Crippen LogP) is 29.5. The standard InChI is InChI=1S/C25H28.C24H24O4.2C22H22.C21H18O2/c1-18-5-9-22(10-6-18)13-14-24-15-16-25(21(4)20(24)3)17-23-11-7-19(2)8-12-23;1-16-5-9-20(10-6-16)24(25)28-23-14-13-22(18(3)19(23)4)27-15-26-21-11-7-17(2)8-12-21;1-15-5-9-19(10-6-15)21-13-14-22(18(4)17(21)3)20-11-7-16(2)8-12-20;1-15-5-8-19(9-6-15)21-12-10-20(14-18(21)4)22-11-7-16(2)13-17(22)3;1-15-3-7-17(8-4-15)18-11-13-20(14-12-18)23-21(22)19-9-5-16(2)6-10-19/h5-12,15-16H,13-14,17H2,1-4H3;5-14H,15H2,1-4H3;2*5-14H,1-4H3;3-14H,1-2H3. The van der Waals surface area contributed by atoms with Crippen molar-refractivity contribution in [2.45, 2.75) is 144 Å². The Balaban J connectivity index is 0.000000147. The average molecular weight is 1580 g/mol. The second-order valence-electron chi connectivity index (χ2n) is 32.1. The van der Waals surface area contributed by atoms with Gasteiger partial charge in [-0.2, -0.15) is 0 Å². The third-order valence-corrected chi connectivity index (χ3v) is 22.5. The molecular weight excluding hydrogens is 1470 g/mol. The Bertz CT molecular complexity index is 5850. The lowest BCUT2D eigenvalue weighted by molar-refractivity contribution is 0.0724. The zero-order valence-corrected chi connectivity index (χ0v) is 73.3. The molecule has 0 aromatic heterocycles. The van der Waals surface area contributed by atoms with Crippen molar-refractivity contribution < 1.29 is 28.5 Å². The Morgan fingerprint density at radius 3 is 1.02 bits per heavy atom. The lowest BCUT2D eigenvalue weighted by Crippen LogP contribution is -2.11. The van der Waals surface area contributed by atoms with Crippen LogP contribution in [0.25, 0.3) is 55.6 Å². The molecule has 0 aliphatic carbocycles. The largest absolute Gasteiger partial charge is 0.458 e. The maximum Gasteiger partial charge on any atom is 0.343 e. The van der Waals surface area contributed by atoms with Crippen LogP contribution in [0.5, 0.6) is 23.0 Å². The number of carbonyl (C=O) groups is 2. The SMILES string of the molecule is Cc1ccc(-c2ccc(-c3ccc(C)cc3)c(C)c2C)cc1.Cc1ccc(-c2ccc(-c3ccc(C)cc3C)cc2C)cc1.Cc1ccc(C(=O)Oc2ccc(-c3ccc(C)cc3)cc2)cc1.Cc1ccc(CCc2ccc(Cc3ccc(C)cc3)c(C)c2C)cc1.Cc1ccc(OCOc2ccc(OC(=O)c3ccc(C)cc3)c(C)c2C)cc1. The highest BCUT2D eigenvalue weighted by Gasteiger charge is 2.17. The van der Waals surface area contributed by atoms with Crippen molar-refractivity contribution in [2.24, 2.45) is 0 Å². The fourth-order valence-electron chi connectivity index (χ4n) is 14.3. The summed E-state index contributed by atoms with van der Waals surface area (Å²) in [6, 6.07) is 109. The van der Waals surface area contributed by atoms with Crippen molar-refractivity contribution in [1.29, 1.82) is 0 Å². The van der Waals surface area contributed by atoms with Crippen LogP contribution in [0.15, 0.2) is 315 Å². The first-order chi connectivity index (χ1) is 57.7. The minimum atomic E-state index is -0.376. The first kappa shape index (κ1) is 87.7. The van der Waals surface area contributed by atoms with Crippen LogP contribution in [0.2, 0.25) is 0 Å². The lowest BCUT2D eigenvalue weighted by atomic mass is 9.90. The molecule has 15 rings (SSSR count). The highest BCUT2D eigenvalue weighted by Crippen LogP contribution is 2.36. The molecule has 0 fully saturated rings. The van der Waals surface area contributed by atoms with Crippen LogP contribution in [0, 0.1) is 125 Å². The van der Waals surface area contributed by atoms with E-state index in [-0.39, 0.29) is 18.7 Å². The van der Waals surface area contributed by atoms with Gasteiger partial charge in [0.15, 0.2) is 0 Å². The van der Waals surface area contributed by atoms with Gasteiger partial charge in [-0.1, -0.05) is 310 Å². The summed E-state index contributed by atoms with van der Waals surface area (Å²) in [4.78, 5) is 24.4. The number of rotatable bonds is 18. The first-order valence-corrected chi connectivity index (χ1v) is 41.5. The molecule has 606 valence electrons. The molecule has 120 heavy (non-hydrogen) atoms. The van der Waals surface area contributed by atoms with Crippen molar-refractivity contribution >= 4 is 11.9 Å². The van der Waals surface area contributed by atoms with E-state index in [0.717, 1.165) is 58.4 Å². The van der Waals surface area contributed by atoms with Gasteiger partial charge in [0.2, 0.25) is 6.79 Å². The maximum atomic E-state index is 12.4. The normalized spacial score (nSPS) is 10.6. The summed E-state index contributed by atoms with van der Waals surface area (Å²) in [6.45, 7) is 38.2. The topological polar surface area (TPSA) is 71.1 Å². The molecule has 15 aromatic carbocycles. The number of hydrogen-bond donors (Lipinski definition) is 0. The summed E-state index contributed by atoms with van der Waals surface area (Å²) in [5, 5.41) is 0. The highest BCUT2D eigenvalue weighted by atomic mass is 16.7. The van der Waals surface area contributed by atoms with Crippen molar-refractivity contribution in [1.82, 2.24) is 0 Å². The Hall–Kier alpha value is -13.2. The fourth-order valence-corrected chi connectivity index (χ4v) is 14.3. The summed E-state index contributed by atoms with van der Waals surface area (Å²) < 4.78 is 22.3. The van der Waals surface area contributed by atoms with Crippen LogP contribution in [-0.4, -0.2) is 18.7 Å². The molecule has 0 spiro atoms. The van der Waals surface area contributed by atoms with E-state index in [4.69, 9.17) is 18.9 Å². The Morgan fingerprint density at radius 1 is 0.225 bits per heavy atom. The highest BCUT2D eigenvalue weighted by molar-refractivity contribution is 5.92. The van der Waals surface area contributed by atoms with Gasteiger partial charge in [-0.25, -0.2) is 9.59 Å². The van der Waals surface area contributed by atoms with Gasteiger partial charge in [-0.3, -0.25) is 0 Å². The van der Waals surface area contributed by atoms with Gasteiger partial charge in [-0.05, 0) is 327 Å². The molecule has 0 heterocycles. The number of carbonyl (C=O) groups excluding carboxylic acids is 2. The molecule has 6 nitrogen and oxygen atoms in total. The van der Waals surface area contributed by atoms with Gasteiger partial charge in [0.05, 0.1) is 11.1 Å². The molecule has 0 saturated carbocycles. The van der Waals surface area contributed by atoms with Gasteiger partial charge in [0, 0.05) is 0 Å². The molecule has 0 aliphatic heterocycles. The number of aryl methyl sites for hydroxylation is 14. The molecule has 0 unspecified atom stereocenters. The zero-order chi connectivity index (χ0) is 85.5. The smallest absolute Gasteiger partial charge is 0.343 e. The zero-order valence-electron chi connectivity index (χ0n) is 73.3. The van der Waals surface area contributed by atoms with Gasteiger partial charge in [-0.15, -0.1) is 0 Å². The number of ether oxygens (including phenoxy) is 4. The number of benzene rings is 15. The summed E-state index contributed by atoms with van der Waals surface area (Å²) >= 11 is 0. The van der Waals surface area contributed by atoms with Crippen LogP contribution in [0.4, 0.5) is 0 Å². The predicted molar refractivity (Wildman–Crippen MR) is 503 cm³/mol. The monoisotopic (exact) mass is 1580 g/mol. The second-order valence-corrected chi connectivity index (χ2v) is 32.1. The van der Waals surface area contributed by atoms with Gasteiger partial charge < -0.3 is 18.9 Å². The average Bonchev–Trinajstić information content (AvgIpc) is 0.785. The third-order valence-electron chi connectivity index (χ3n) is 22.5. The van der Waals surface area contributed by atoms with Crippen molar-refractivity contribution in [3.63, 3.8) is 0 Å². The van der Waals surface area contributed by atoms with E-state index < -0.39 is 0 Å². The fraction of sp³-hybridized carbons (Fsp3) is 0.193. The van der Waals surface area contributed by atoms with E-state index in [2.05, 4.69) is 296 Å².